The largest absolute Gasteiger partial charge is 0.491 e. The minimum absolute atomic E-state index is 0.237. The van der Waals surface area contributed by atoms with E-state index in [0.29, 0.717) is 6.04 Å². The molecule has 110 valence electrons. The van der Waals surface area contributed by atoms with Crippen molar-refractivity contribution in [3.05, 3.63) is 29.8 Å². The highest BCUT2D eigenvalue weighted by Gasteiger charge is 2.43. The molecule has 4 unspecified atom stereocenters. The third-order valence-electron chi connectivity index (χ3n) is 5.12. The van der Waals surface area contributed by atoms with Gasteiger partial charge in [-0.2, -0.15) is 0 Å². The van der Waals surface area contributed by atoms with Crippen molar-refractivity contribution in [2.45, 2.75) is 51.7 Å². The minimum atomic E-state index is 0.237. The van der Waals surface area contributed by atoms with Gasteiger partial charge in [0.25, 0.3) is 0 Å². The molecule has 1 aromatic carbocycles. The van der Waals surface area contributed by atoms with E-state index in [1.807, 2.05) is 0 Å². The van der Waals surface area contributed by atoms with E-state index < -0.39 is 0 Å². The van der Waals surface area contributed by atoms with Crippen molar-refractivity contribution >= 4 is 0 Å². The molecule has 1 aromatic rings. The molecule has 2 nitrogen and oxygen atoms in total. The van der Waals surface area contributed by atoms with E-state index in [0.717, 1.165) is 23.5 Å². The summed E-state index contributed by atoms with van der Waals surface area (Å²) in [7, 11) is 2.10. The summed E-state index contributed by atoms with van der Waals surface area (Å²) in [5, 5.41) is 3.57. The van der Waals surface area contributed by atoms with Crippen molar-refractivity contribution in [3.63, 3.8) is 0 Å². The van der Waals surface area contributed by atoms with Crippen molar-refractivity contribution in [3.8, 4) is 5.75 Å². The van der Waals surface area contributed by atoms with Gasteiger partial charge >= 0.3 is 0 Å². The highest BCUT2D eigenvalue weighted by molar-refractivity contribution is 5.31. The van der Waals surface area contributed by atoms with Crippen molar-refractivity contribution in [1.29, 1.82) is 0 Å². The molecule has 0 aromatic heterocycles. The lowest BCUT2D eigenvalue weighted by Crippen LogP contribution is -2.29. The third kappa shape index (κ3) is 2.71. The Hall–Kier alpha value is -1.02. The Labute approximate surface area is 122 Å². The summed E-state index contributed by atoms with van der Waals surface area (Å²) < 4.78 is 5.85. The predicted molar refractivity (Wildman–Crippen MR) is 82.9 cm³/mol. The Bertz CT molecular complexity index is 456. The zero-order valence-electron chi connectivity index (χ0n) is 12.9. The summed E-state index contributed by atoms with van der Waals surface area (Å²) in [4.78, 5) is 0. The normalized spacial score (nSPS) is 29.9. The molecule has 20 heavy (non-hydrogen) atoms. The molecule has 0 amide bonds. The number of benzene rings is 1. The first kappa shape index (κ1) is 13.9. The zero-order chi connectivity index (χ0) is 14.1. The molecule has 2 bridgehead atoms. The summed E-state index contributed by atoms with van der Waals surface area (Å²) in [6.45, 7) is 4.16. The lowest BCUT2D eigenvalue weighted by molar-refractivity contribution is 0.239. The summed E-state index contributed by atoms with van der Waals surface area (Å²) in [6, 6.07) is 9.16. The molecule has 4 atom stereocenters. The van der Waals surface area contributed by atoms with Gasteiger partial charge in [-0.1, -0.05) is 18.6 Å². The fourth-order valence-corrected chi connectivity index (χ4v) is 4.38. The van der Waals surface area contributed by atoms with Crippen LogP contribution in [0.25, 0.3) is 0 Å². The lowest BCUT2D eigenvalue weighted by Gasteiger charge is -2.31. The smallest absolute Gasteiger partial charge is 0.120 e. The monoisotopic (exact) mass is 273 g/mol. The van der Waals surface area contributed by atoms with E-state index in [1.54, 1.807) is 0 Å². The van der Waals surface area contributed by atoms with E-state index in [2.05, 4.69) is 50.5 Å². The first-order valence-electron chi connectivity index (χ1n) is 8.11. The molecule has 3 rings (SSSR count). The van der Waals surface area contributed by atoms with Crippen LogP contribution in [-0.4, -0.2) is 13.2 Å². The average molecular weight is 273 g/mol. The SMILES string of the molecule is CNC(c1cccc(OC(C)C)c1)C1CC2CCC1C2. The van der Waals surface area contributed by atoms with Gasteiger partial charge in [-0.05, 0) is 75.6 Å². The van der Waals surface area contributed by atoms with Crippen LogP contribution in [0.3, 0.4) is 0 Å². The molecule has 0 radical (unpaired) electrons. The molecule has 2 heteroatoms. The lowest BCUT2D eigenvalue weighted by atomic mass is 9.80. The van der Waals surface area contributed by atoms with Crippen LogP contribution in [0.2, 0.25) is 0 Å². The topological polar surface area (TPSA) is 21.3 Å². The van der Waals surface area contributed by atoms with E-state index in [-0.39, 0.29) is 6.10 Å². The van der Waals surface area contributed by atoms with Crippen molar-refractivity contribution < 1.29 is 4.74 Å². The number of rotatable bonds is 5. The molecule has 2 aliphatic rings. The van der Waals surface area contributed by atoms with E-state index in [9.17, 15) is 0 Å². The van der Waals surface area contributed by atoms with E-state index in [4.69, 9.17) is 4.74 Å². The molecule has 2 fully saturated rings. The highest BCUT2D eigenvalue weighted by Crippen LogP contribution is 2.52. The van der Waals surface area contributed by atoms with Gasteiger partial charge in [0.1, 0.15) is 5.75 Å². The third-order valence-corrected chi connectivity index (χ3v) is 5.12. The molecule has 0 saturated heterocycles. The van der Waals surface area contributed by atoms with Crippen LogP contribution in [-0.2, 0) is 0 Å². The van der Waals surface area contributed by atoms with Crippen LogP contribution in [0, 0.1) is 17.8 Å². The van der Waals surface area contributed by atoms with Gasteiger partial charge in [-0.15, -0.1) is 0 Å². The average Bonchev–Trinajstić information content (AvgIpc) is 3.02. The van der Waals surface area contributed by atoms with Gasteiger partial charge in [0, 0.05) is 6.04 Å². The van der Waals surface area contributed by atoms with Gasteiger partial charge in [0.05, 0.1) is 6.10 Å². The number of hydrogen-bond donors (Lipinski definition) is 1. The summed E-state index contributed by atoms with van der Waals surface area (Å²) in [5.74, 6) is 3.75. The molecular weight excluding hydrogens is 246 g/mol. The Balaban J connectivity index is 1.79. The van der Waals surface area contributed by atoms with Crippen molar-refractivity contribution in [2.75, 3.05) is 7.05 Å². The number of fused-ring (bicyclic) bond motifs is 2. The standard InChI is InChI=1S/C18H27NO/c1-12(2)20-16-6-4-5-15(11-16)18(19-3)17-10-13-7-8-14(17)9-13/h4-6,11-14,17-19H,7-10H2,1-3H3. The summed E-state index contributed by atoms with van der Waals surface area (Å²) in [5.41, 5.74) is 1.39. The Morgan fingerprint density at radius 3 is 2.65 bits per heavy atom. The fourth-order valence-electron chi connectivity index (χ4n) is 4.38. The first-order valence-corrected chi connectivity index (χ1v) is 8.11. The van der Waals surface area contributed by atoms with Crippen LogP contribution in [0.1, 0.15) is 51.1 Å². The van der Waals surface area contributed by atoms with Gasteiger partial charge in [0.15, 0.2) is 0 Å². The van der Waals surface area contributed by atoms with Gasteiger partial charge < -0.3 is 10.1 Å². The van der Waals surface area contributed by atoms with Crippen molar-refractivity contribution in [1.82, 2.24) is 5.32 Å². The van der Waals surface area contributed by atoms with Gasteiger partial charge in [0.2, 0.25) is 0 Å². The summed E-state index contributed by atoms with van der Waals surface area (Å²) in [6.07, 6.45) is 6.01. The Kier molecular flexibility index (Phi) is 4.02. The first-order chi connectivity index (χ1) is 9.67. The molecule has 2 aliphatic carbocycles. The number of ether oxygens (including phenoxy) is 1. The van der Waals surface area contributed by atoms with Crippen LogP contribution in [0.5, 0.6) is 5.75 Å². The molecule has 0 aliphatic heterocycles. The Morgan fingerprint density at radius 2 is 2.05 bits per heavy atom. The van der Waals surface area contributed by atoms with Gasteiger partial charge in [-0.25, -0.2) is 0 Å². The number of hydrogen-bond acceptors (Lipinski definition) is 2. The molecule has 1 N–H and O–H groups in total. The maximum Gasteiger partial charge on any atom is 0.120 e. The van der Waals surface area contributed by atoms with Gasteiger partial charge in [-0.3, -0.25) is 0 Å². The predicted octanol–water partition coefficient (Wildman–Crippen LogP) is 4.17. The maximum absolute atomic E-state index is 5.85. The highest BCUT2D eigenvalue weighted by atomic mass is 16.5. The van der Waals surface area contributed by atoms with E-state index >= 15 is 0 Å². The molecule has 0 spiro atoms. The van der Waals surface area contributed by atoms with Crippen LogP contribution >= 0.6 is 0 Å². The fraction of sp³-hybridized carbons (Fsp3) is 0.667. The number of nitrogens with one attached hydrogen (secondary N) is 1. The second-order valence-electron chi connectivity index (χ2n) is 6.84. The van der Waals surface area contributed by atoms with Crippen LogP contribution < -0.4 is 10.1 Å². The molecular formula is C18H27NO. The molecule has 2 saturated carbocycles. The quantitative estimate of drug-likeness (QED) is 0.869. The second kappa shape index (κ2) is 5.77. The van der Waals surface area contributed by atoms with Crippen LogP contribution in [0.4, 0.5) is 0 Å². The summed E-state index contributed by atoms with van der Waals surface area (Å²) >= 11 is 0. The zero-order valence-corrected chi connectivity index (χ0v) is 12.9. The minimum Gasteiger partial charge on any atom is -0.491 e. The molecule has 0 heterocycles. The Morgan fingerprint density at radius 1 is 1.20 bits per heavy atom. The van der Waals surface area contributed by atoms with Crippen molar-refractivity contribution in [2.24, 2.45) is 17.8 Å². The van der Waals surface area contributed by atoms with Crippen LogP contribution in [0.15, 0.2) is 24.3 Å². The maximum atomic E-state index is 5.85. The van der Waals surface area contributed by atoms with E-state index in [1.165, 1.54) is 31.2 Å². The second-order valence-corrected chi connectivity index (χ2v) is 6.84.